The number of carboxylic acids is 1. The average Bonchev–Trinajstić information content (AvgIpc) is 3.17. The Kier molecular flexibility index (Phi) is 3.49. The van der Waals surface area contributed by atoms with E-state index in [1.807, 2.05) is 0 Å². The number of hydrogen-bond donors (Lipinski definition) is 3. The summed E-state index contributed by atoms with van der Waals surface area (Å²) in [7, 11) is 0. The molecule has 0 bridgehead atoms. The molecule has 1 unspecified atom stereocenters. The third kappa shape index (κ3) is 2.85. The SMILES string of the molecule is CC(C)C1(CNC(=O)NC(C)(C(=O)O)C2CC2)CC1. The summed E-state index contributed by atoms with van der Waals surface area (Å²) in [6, 6.07) is -0.358. The molecule has 2 aliphatic rings. The van der Waals surface area contributed by atoms with Crippen LogP contribution in [0.15, 0.2) is 0 Å². The molecule has 2 amide bonds. The Morgan fingerprint density at radius 1 is 1.37 bits per heavy atom. The number of amides is 2. The Morgan fingerprint density at radius 3 is 2.32 bits per heavy atom. The number of hydrogen-bond acceptors (Lipinski definition) is 2. The fraction of sp³-hybridized carbons (Fsp3) is 0.857. The highest BCUT2D eigenvalue weighted by molar-refractivity contribution is 5.86. The number of carbonyl (C=O) groups excluding carboxylic acids is 1. The van der Waals surface area contributed by atoms with Crippen LogP contribution in [-0.2, 0) is 4.79 Å². The van der Waals surface area contributed by atoms with E-state index >= 15 is 0 Å². The van der Waals surface area contributed by atoms with Gasteiger partial charge in [0, 0.05) is 6.54 Å². The number of nitrogens with one attached hydrogen (secondary N) is 2. The second-order valence-electron chi connectivity index (χ2n) is 6.61. The number of carboxylic acid groups (broad SMARTS) is 1. The van der Waals surface area contributed by atoms with Gasteiger partial charge in [0.1, 0.15) is 5.54 Å². The molecule has 19 heavy (non-hydrogen) atoms. The lowest BCUT2D eigenvalue weighted by atomic mass is 9.92. The first kappa shape index (κ1) is 14.2. The normalized spacial score (nSPS) is 23.6. The van der Waals surface area contributed by atoms with E-state index in [9.17, 15) is 14.7 Å². The van der Waals surface area contributed by atoms with Crippen molar-refractivity contribution in [1.29, 1.82) is 0 Å². The van der Waals surface area contributed by atoms with Gasteiger partial charge in [0.25, 0.3) is 0 Å². The predicted molar refractivity (Wildman–Crippen MR) is 71.8 cm³/mol. The molecule has 0 radical (unpaired) electrons. The van der Waals surface area contributed by atoms with Crippen LogP contribution in [0, 0.1) is 17.3 Å². The van der Waals surface area contributed by atoms with Gasteiger partial charge in [0.15, 0.2) is 0 Å². The molecule has 3 N–H and O–H groups in total. The van der Waals surface area contributed by atoms with Crippen molar-refractivity contribution in [2.24, 2.45) is 17.3 Å². The maximum atomic E-state index is 11.9. The first-order chi connectivity index (χ1) is 8.80. The minimum atomic E-state index is -1.13. The zero-order valence-electron chi connectivity index (χ0n) is 12.0. The van der Waals surface area contributed by atoms with Crippen molar-refractivity contribution in [3.05, 3.63) is 0 Å². The van der Waals surface area contributed by atoms with Crippen LogP contribution in [-0.4, -0.2) is 29.2 Å². The quantitative estimate of drug-likeness (QED) is 0.689. The van der Waals surface area contributed by atoms with Gasteiger partial charge in [-0.25, -0.2) is 9.59 Å². The van der Waals surface area contributed by atoms with E-state index in [1.165, 1.54) is 0 Å². The summed E-state index contributed by atoms with van der Waals surface area (Å²) in [5, 5.41) is 14.8. The molecule has 5 heteroatoms. The summed E-state index contributed by atoms with van der Waals surface area (Å²) < 4.78 is 0. The average molecular weight is 268 g/mol. The van der Waals surface area contributed by atoms with Crippen LogP contribution in [0.1, 0.15) is 46.5 Å². The number of urea groups is 1. The highest BCUT2D eigenvalue weighted by Crippen LogP contribution is 2.51. The zero-order chi connectivity index (χ0) is 14.3. The third-order valence-corrected chi connectivity index (χ3v) is 4.93. The van der Waals surface area contributed by atoms with Crippen molar-refractivity contribution in [1.82, 2.24) is 10.6 Å². The van der Waals surface area contributed by atoms with Crippen LogP contribution in [0.4, 0.5) is 4.79 Å². The topological polar surface area (TPSA) is 78.4 Å². The van der Waals surface area contributed by atoms with E-state index < -0.39 is 11.5 Å². The van der Waals surface area contributed by atoms with E-state index in [0.29, 0.717) is 12.5 Å². The molecular formula is C14H24N2O3. The van der Waals surface area contributed by atoms with Gasteiger partial charge in [0.2, 0.25) is 0 Å². The molecule has 1 atom stereocenters. The van der Waals surface area contributed by atoms with Crippen LogP contribution in [0.5, 0.6) is 0 Å². The van der Waals surface area contributed by atoms with Crippen LogP contribution in [0.25, 0.3) is 0 Å². The predicted octanol–water partition coefficient (Wildman–Crippen LogP) is 1.98. The minimum absolute atomic E-state index is 0.0655. The first-order valence-corrected chi connectivity index (χ1v) is 7.09. The van der Waals surface area contributed by atoms with E-state index in [4.69, 9.17) is 0 Å². The zero-order valence-corrected chi connectivity index (χ0v) is 12.0. The fourth-order valence-corrected chi connectivity index (χ4v) is 2.65. The molecule has 2 fully saturated rings. The summed E-state index contributed by atoms with van der Waals surface area (Å²) in [5.74, 6) is -0.340. The van der Waals surface area contributed by atoms with Crippen LogP contribution in [0.3, 0.4) is 0 Å². The Labute approximate surface area is 114 Å². The third-order valence-electron chi connectivity index (χ3n) is 4.93. The molecule has 0 saturated heterocycles. The lowest BCUT2D eigenvalue weighted by molar-refractivity contribution is -0.144. The van der Waals surface area contributed by atoms with Gasteiger partial charge in [0.05, 0.1) is 0 Å². The van der Waals surface area contributed by atoms with Crippen molar-refractivity contribution in [3.8, 4) is 0 Å². The lowest BCUT2D eigenvalue weighted by Gasteiger charge is -2.27. The standard InChI is InChI=1S/C14H24N2O3/c1-9(2)14(6-7-14)8-15-12(19)16-13(3,11(17)18)10-4-5-10/h9-10H,4-8H2,1-3H3,(H,17,18)(H2,15,16,19). The van der Waals surface area contributed by atoms with Crippen LogP contribution in [0.2, 0.25) is 0 Å². The van der Waals surface area contributed by atoms with Crippen molar-refractivity contribution >= 4 is 12.0 Å². The Balaban J connectivity index is 1.85. The molecular weight excluding hydrogens is 244 g/mol. The summed E-state index contributed by atoms with van der Waals surface area (Å²) in [4.78, 5) is 23.2. The van der Waals surface area contributed by atoms with E-state index in [0.717, 1.165) is 25.7 Å². The van der Waals surface area contributed by atoms with Gasteiger partial charge in [-0.05, 0) is 49.9 Å². The molecule has 0 aromatic carbocycles. The Bertz CT molecular complexity index is 386. The van der Waals surface area contributed by atoms with Crippen LogP contribution >= 0.6 is 0 Å². The second kappa shape index (κ2) is 4.69. The molecule has 0 heterocycles. The maximum Gasteiger partial charge on any atom is 0.329 e. The van der Waals surface area contributed by atoms with Gasteiger partial charge < -0.3 is 15.7 Å². The van der Waals surface area contributed by atoms with E-state index in [-0.39, 0.29) is 17.4 Å². The van der Waals surface area contributed by atoms with Crippen LogP contribution < -0.4 is 10.6 Å². The second-order valence-corrected chi connectivity index (χ2v) is 6.61. The fourth-order valence-electron chi connectivity index (χ4n) is 2.65. The van der Waals surface area contributed by atoms with Gasteiger partial charge in [-0.15, -0.1) is 0 Å². The molecule has 0 aliphatic heterocycles. The summed E-state index contributed by atoms with van der Waals surface area (Å²) in [6.07, 6.45) is 4.03. The molecule has 2 saturated carbocycles. The summed E-state index contributed by atoms with van der Waals surface area (Å²) in [5.41, 5.74) is -0.894. The molecule has 2 aliphatic carbocycles. The maximum absolute atomic E-state index is 11.9. The van der Waals surface area contributed by atoms with Gasteiger partial charge >= 0.3 is 12.0 Å². The molecule has 0 aromatic rings. The molecule has 0 spiro atoms. The Hall–Kier alpha value is -1.26. The van der Waals surface area contributed by atoms with Gasteiger partial charge in [-0.1, -0.05) is 13.8 Å². The molecule has 0 aromatic heterocycles. The van der Waals surface area contributed by atoms with Gasteiger partial charge in [-0.3, -0.25) is 0 Å². The smallest absolute Gasteiger partial charge is 0.329 e. The lowest BCUT2D eigenvalue weighted by Crippen LogP contribution is -2.57. The highest BCUT2D eigenvalue weighted by atomic mass is 16.4. The van der Waals surface area contributed by atoms with Crippen molar-refractivity contribution < 1.29 is 14.7 Å². The number of aliphatic carboxylic acids is 1. The molecule has 108 valence electrons. The molecule has 2 rings (SSSR count). The Morgan fingerprint density at radius 2 is 1.95 bits per heavy atom. The van der Waals surface area contributed by atoms with E-state index in [2.05, 4.69) is 24.5 Å². The molecule has 5 nitrogen and oxygen atoms in total. The summed E-state index contributed by atoms with van der Waals surface area (Å²) in [6.45, 7) is 6.56. The monoisotopic (exact) mass is 268 g/mol. The first-order valence-electron chi connectivity index (χ1n) is 7.09. The summed E-state index contributed by atoms with van der Waals surface area (Å²) >= 11 is 0. The minimum Gasteiger partial charge on any atom is -0.480 e. The number of rotatable bonds is 6. The van der Waals surface area contributed by atoms with E-state index in [1.54, 1.807) is 6.92 Å². The highest BCUT2D eigenvalue weighted by Gasteiger charge is 2.49. The largest absolute Gasteiger partial charge is 0.480 e. The number of carbonyl (C=O) groups is 2. The van der Waals surface area contributed by atoms with Gasteiger partial charge in [-0.2, -0.15) is 0 Å². The van der Waals surface area contributed by atoms with Crippen molar-refractivity contribution in [2.45, 2.75) is 52.0 Å². The van der Waals surface area contributed by atoms with Crippen molar-refractivity contribution in [3.63, 3.8) is 0 Å². The van der Waals surface area contributed by atoms with Crippen molar-refractivity contribution in [2.75, 3.05) is 6.54 Å².